The van der Waals surface area contributed by atoms with Crippen LogP contribution in [-0.2, 0) is 0 Å². The van der Waals surface area contributed by atoms with E-state index in [0.29, 0.717) is 37.0 Å². The quantitative estimate of drug-likeness (QED) is 0.762. The molecule has 0 bridgehead atoms. The highest BCUT2D eigenvalue weighted by Gasteiger charge is 2.37. The van der Waals surface area contributed by atoms with Gasteiger partial charge < -0.3 is 20.2 Å². The molecule has 1 aliphatic heterocycles. The summed E-state index contributed by atoms with van der Waals surface area (Å²) in [5, 5.41) is 13.4. The van der Waals surface area contributed by atoms with E-state index in [1.165, 1.54) is 12.4 Å². The molecular weight excluding hydrogens is 322 g/mol. The smallest absolute Gasteiger partial charge is 0.254 e. The molecular formula is C16H21N7O2. The van der Waals surface area contributed by atoms with Crippen molar-refractivity contribution < 1.29 is 9.90 Å². The molecule has 25 heavy (non-hydrogen) atoms. The van der Waals surface area contributed by atoms with Gasteiger partial charge in [0.25, 0.3) is 5.91 Å². The topological polar surface area (TPSA) is 107 Å². The summed E-state index contributed by atoms with van der Waals surface area (Å²) < 4.78 is 0. The van der Waals surface area contributed by atoms with Gasteiger partial charge in [-0.05, 0) is 12.5 Å². The first kappa shape index (κ1) is 17.0. The first-order valence-electron chi connectivity index (χ1n) is 7.99. The highest BCUT2D eigenvalue weighted by atomic mass is 16.3. The number of nitrogens with one attached hydrogen (secondary N) is 1. The second-order valence-corrected chi connectivity index (χ2v) is 6.29. The molecule has 0 spiro atoms. The minimum atomic E-state index is -1.01. The maximum absolute atomic E-state index is 12.2. The van der Waals surface area contributed by atoms with Crippen LogP contribution in [0.3, 0.4) is 0 Å². The second kappa shape index (κ2) is 6.98. The van der Waals surface area contributed by atoms with Gasteiger partial charge in [-0.3, -0.25) is 4.79 Å². The fraction of sp³-hybridized carbons (Fsp3) is 0.438. The number of amides is 1. The van der Waals surface area contributed by atoms with E-state index in [2.05, 4.69) is 25.3 Å². The highest BCUT2D eigenvalue weighted by Crippen LogP contribution is 2.23. The molecule has 132 valence electrons. The van der Waals surface area contributed by atoms with Gasteiger partial charge in [0.15, 0.2) is 0 Å². The zero-order valence-electron chi connectivity index (χ0n) is 14.3. The molecule has 2 N–H and O–H groups in total. The van der Waals surface area contributed by atoms with Crippen molar-refractivity contribution in [1.82, 2.24) is 25.3 Å². The number of carbonyl (C=O) groups is 1. The van der Waals surface area contributed by atoms with E-state index in [-0.39, 0.29) is 12.5 Å². The predicted octanol–water partition coefficient (Wildman–Crippen LogP) is -0.296. The third-order valence-electron chi connectivity index (χ3n) is 4.05. The lowest BCUT2D eigenvalue weighted by Gasteiger charge is -2.23. The minimum absolute atomic E-state index is 0.143. The summed E-state index contributed by atoms with van der Waals surface area (Å²) >= 11 is 0. The van der Waals surface area contributed by atoms with Gasteiger partial charge in [-0.15, -0.1) is 0 Å². The molecule has 1 saturated heterocycles. The van der Waals surface area contributed by atoms with Gasteiger partial charge in [0.2, 0.25) is 11.9 Å². The monoisotopic (exact) mass is 343 g/mol. The Labute approximate surface area is 145 Å². The molecule has 1 aliphatic rings. The summed E-state index contributed by atoms with van der Waals surface area (Å²) in [4.78, 5) is 32.5. The van der Waals surface area contributed by atoms with Crippen molar-refractivity contribution in [3.63, 3.8) is 0 Å². The summed E-state index contributed by atoms with van der Waals surface area (Å²) in [7, 11) is 3.65. The predicted molar refractivity (Wildman–Crippen MR) is 92.5 cm³/mol. The van der Waals surface area contributed by atoms with Crippen LogP contribution in [0.5, 0.6) is 0 Å². The average Bonchev–Trinajstić information content (AvgIpc) is 3.03. The third-order valence-corrected chi connectivity index (χ3v) is 4.05. The molecule has 0 unspecified atom stereocenters. The van der Waals surface area contributed by atoms with E-state index < -0.39 is 5.60 Å². The molecule has 1 fully saturated rings. The van der Waals surface area contributed by atoms with Crippen LogP contribution in [0.25, 0.3) is 0 Å². The van der Waals surface area contributed by atoms with Crippen molar-refractivity contribution >= 4 is 17.8 Å². The number of nitrogens with zero attached hydrogens (tertiary/aromatic N) is 6. The third kappa shape index (κ3) is 4.00. The van der Waals surface area contributed by atoms with Gasteiger partial charge in [-0.2, -0.15) is 0 Å². The number of aromatic nitrogens is 4. The Balaban J connectivity index is 1.56. The van der Waals surface area contributed by atoms with Crippen molar-refractivity contribution in [2.24, 2.45) is 0 Å². The van der Waals surface area contributed by atoms with Crippen LogP contribution in [0.15, 0.2) is 30.9 Å². The first-order chi connectivity index (χ1) is 12.0. The summed E-state index contributed by atoms with van der Waals surface area (Å²) in [5.74, 6) is 0.801. The van der Waals surface area contributed by atoms with Gasteiger partial charge in [0.1, 0.15) is 5.60 Å². The summed E-state index contributed by atoms with van der Waals surface area (Å²) in [6.07, 6.45) is 6.81. The van der Waals surface area contributed by atoms with Gasteiger partial charge in [-0.25, -0.2) is 19.9 Å². The molecule has 2 aromatic heterocycles. The van der Waals surface area contributed by atoms with Gasteiger partial charge >= 0.3 is 0 Å². The number of hydrogen-bond acceptors (Lipinski definition) is 8. The molecule has 0 radical (unpaired) electrons. The largest absolute Gasteiger partial charge is 0.386 e. The zero-order chi connectivity index (χ0) is 17.9. The van der Waals surface area contributed by atoms with Crippen molar-refractivity contribution in [3.8, 4) is 0 Å². The van der Waals surface area contributed by atoms with Crippen LogP contribution in [0.4, 0.5) is 11.9 Å². The number of anilines is 2. The van der Waals surface area contributed by atoms with Crippen LogP contribution < -0.4 is 15.1 Å². The zero-order valence-corrected chi connectivity index (χ0v) is 14.3. The average molecular weight is 343 g/mol. The van der Waals surface area contributed by atoms with E-state index in [4.69, 9.17) is 0 Å². The Bertz CT molecular complexity index is 723. The van der Waals surface area contributed by atoms with Gasteiger partial charge in [0.05, 0.1) is 12.1 Å². The minimum Gasteiger partial charge on any atom is -0.386 e. The Morgan fingerprint density at radius 2 is 1.96 bits per heavy atom. The Hall–Kier alpha value is -2.81. The molecule has 3 rings (SSSR count). The SMILES string of the molecule is CN(C)c1ncc(C(=O)NC[C@@]2(O)CCN(c3ncccn3)C2)cn1. The Morgan fingerprint density at radius 1 is 1.28 bits per heavy atom. The number of carbonyl (C=O) groups excluding carboxylic acids is 1. The van der Waals surface area contributed by atoms with E-state index in [1.54, 1.807) is 23.4 Å². The van der Waals surface area contributed by atoms with Crippen LogP contribution in [-0.4, -0.2) is 70.3 Å². The number of aliphatic hydroxyl groups is 1. The van der Waals surface area contributed by atoms with E-state index >= 15 is 0 Å². The number of rotatable bonds is 5. The maximum Gasteiger partial charge on any atom is 0.254 e. The van der Waals surface area contributed by atoms with Gasteiger partial charge in [0, 0.05) is 52.0 Å². The fourth-order valence-electron chi connectivity index (χ4n) is 2.64. The van der Waals surface area contributed by atoms with Crippen LogP contribution in [0.1, 0.15) is 16.8 Å². The lowest BCUT2D eigenvalue weighted by Crippen LogP contribution is -2.45. The molecule has 9 heteroatoms. The Kier molecular flexibility index (Phi) is 4.75. The summed E-state index contributed by atoms with van der Waals surface area (Å²) in [6.45, 7) is 1.15. The summed E-state index contributed by atoms with van der Waals surface area (Å²) in [5.41, 5.74) is -0.658. The van der Waals surface area contributed by atoms with E-state index in [9.17, 15) is 9.90 Å². The van der Waals surface area contributed by atoms with Crippen molar-refractivity contribution in [2.75, 3.05) is 43.5 Å². The Morgan fingerprint density at radius 3 is 2.60 bits per heavy atom. The molecule has 1 amide bonds. The lowest BCUT2D eigenvalue weighted by atomic mass is 10.0. The molecule has 0 saturated carbocycles. The molecule has 9 nitrogen and oxygen atoms in total. The van der Waals surface area contributed by atoms with E-state index in [0.717, 1.165) is 0 Å². The van der Waals surface area contributed by atoms with Crippen LogP contribution >= 0.6 is 0 Å². The van der Waals surface area contributed by atoms with Crippen molar-refractivity contribution in [1.29, 1.82) is 0 Å². The number of hydrogen-bond donors (Lipinski definition) is 2. The first-order valence-corrected chi connectivity index (χ1v) is 7.99. The van der Waals surface area contributed by atoms with Crippen LogP contribution in [0.2, 0.25) is 0 Å². The maximum atomic E-state index is 12.2. The molecule has 2 aromatic rings. The molecule has 3 heterocycles. The molecule has 0 aliphatic carbocycles. The molecule has 1 atom stereocenters. The molecule has 0 aromatic carbocycles. The normalized spacial score (nSPS) is 19.7. The van der Waals surface area contributed by atoms with E-state index in [1.807, 2.05) is 19.0 Å². The second-order valence-electron chi connectivity index (χ2n) is 6.29. The van der Waals surface area contributed by atoms with Crippen LogP contribution in [0, 0.1) is 0 Å². The van der Waals surface area contributed by atoms with Crippen molar-refractivity contribution in [2.45, 2.75) is 12.0 Å². The van der Waals surface area contributed by atoms with Gasteiger partial charge in [-0.1, -0.05) is 0 Å². The highest BCUT2D eigenvalue weighted by molar-refractivity contribution is 5.93. The fourth-order valence-corrected chi connectivity index (χ4v) is 2.64. The van der Waals surface area contributed by atoms with Crippen molar-refractivity contribution in [3.05, 3.63) is 36.4 Å². The summed E-state index contributed by atoms with van der Waals surface area (Å²) in [6, 6.07) is 1.75. The number of β-amino-alcohol motifs (C(OH)–C–C–N with tert-alkyl or cyclic N) is 1. The standard InChI is InChI=1S/C16H21N7O2/c1-22(2)14-19-8-12(9-20-14)13(24)21-10-16(25)4-7-23(11-16)15-17-5-3-6-18-15/h3,5-6,8-9,25H,4,7,10-11H2,1-2H3,(H,21,24)/t16-/m0/s1. The lowest BCUT2D eigenvalue weighted by molar-refractivity contribution is 0.0575.